The lowest BCUT2D eigenvalue weighted by molar-refractivity contribution is 0.569. The van der Waals surface area contributed by atoms with E-state index in [4.69, 9.17) is 10.7 Å². The molecule has 0 fully saturated rings. The van der Waals surface area contributed by atoms with Gasteiger partial charge in [-0.2, -0.15) is 0 Å². The molecule has 0 unspecified atom stereocenters. The van der Waals surface area contributed by atoms with E-state index in [0.717, 1.165) is 11.0 Å². The van der Waals surface area contributed by atoms with Gasteiger partial charge in [0.1, 0.15) is 5.94 Å². The van der Waals surface area contributed by atoms with Crippen LogP contribution < -0.4 is 0 Å². The summed E-state index contributed by atoms with van der Waals surface area (Å²) in [6, 6.07) is 0. The van der Waals surface area contributed by atoms with Crippen LogP contribution >= 0.6 is 21.7 Å². The zero-order chi connectivity index (χ0) is 5.54. The minimum atomic E-state index is 1.02. The van der Waals surface area contributed by atoms with E-state index in [9.17, 15) is 4.79 Å². The molecule has 0 atom stereocenters. The Hall–Kier alpha value is -0.170. The van der Waals surface area contributed by atoms with Gasteiger partial charge in [0, 0.05) is 6.08 Å². The zero-order valence-electron chi connectivity index (χ0n) is 3.43. The summed E-state index contributed by atoms with van der Waals surface area (Å²) in [5, 5.41) is 1.58. The fourth-order valence-corrected chi connectivity index (χ4v) is 0.424. The van der Waals surface area contributed by atoms with Crippen LogP contribution in [0.25, 0.3) is 0 Å². The Balaban J connectivity index is 3.27. The predicted molar refractivity (Wildman–Crippen MR) is 32.8 cm³/mol. The SMILES string of the molecule is O=C=CC=CSCl. The number of hydrogen-bond acceptors (Lipinski definition) is 2. The van der Waals surface area contributed by atoms with Gasteiger partial charge < -0.3 is 0 Å². The van der Waals surface area contributed by atoms with Gasteiger partial charge in [0.25, 0.3) is 0 Å². The molecule has 0 saturated heterocycles. The molecule has 0 amide bonds. The summed E-state index contributed by atoms with van der Waals surface area (Å²) in [4.78, 5) is 9.40. The van der Waals surface area contributed by atoms with Crippen molar-refractivity contribution in [1.29, 1.82) is 0 Å². The molecule has 3 heteroatoms. The normalized spacial score (nSPS) is 8.71. The molecule has 0 aromatic heterocycles. The third kappa shape index (κ3) is 5.83. The van der Waals surface area contributed by atoms with Crippen molar-refractivity contribution in [2.45, 2.75) is 0 Å². The fraction of sp³-hybridized carbons (Fsp3) is 0. The van der Waals surface area contributed by atoms with Gasteiger partial charge in [0.2, 0.25) is 0 Å². The molecule has 38 valence electrons. The van der Waals surface area contributed by atoms with Crippen molar-refractivity contribution in [3.63, 3.8) is 0 Å². The Kier molecular flexibility index (Phi) is 5.69. The molecule has 0 saturated carbocycles. The molecule has 0 aliphatic rings. The molecular weight excluding hydrogens is 132 g/mol. The summed E-state index contributed by atoms with van der Waals surface area (Å²) in [5.41, 5.74) is 0. The first-order chi connectivity index (χ1) is 3.41. The molecular formula is C4H3ClOS. The highest BCUT2D eigenvalue weighted by atomic mass is 35.7. The van der Waals surface area contributed by atoms with Crippen LogP contribution in [-0.2, 0) is 4.79 Å². The maximum Gasteiger partial charge on any atom is 0.124 e. The van der Waals surface area contributed by atoms with Crippen LogP contribution in [0.2, 0.25) is 0 Å². The van der Waals surface area contributed by atoms with E-state index < -0.39 is 0 Å². The van der Waals surface area contributed by atoms with E-state index in [0.29, 0.717) is 0 Å². The fourth-order valence-electron chi connectivity index (χ4n) is 0.108. The maximum absolute atomic E-state index is 9.40. The van der Waals surface area contributed by atoms with Crippen molar-refractivity contribution >= 4 is 27.6 Å². The Bertz CT molecular complexity index is 104. The molecule has 0 aliphatic heterocycles. The summed E-state index contributed by atoms with van der Waals surface area (Å²) in [6.07, 6.45) is 2.76. The molecule has 0 spiro atoms. The highest BCUT2D eigenvalue weighted by Crippen LogP contribution is 2.05. The van der Waals surface area contributed by atoms with Crippen molar-refractivity contribution in [2.75, 3.05) is 0 Å². The highest BCUT2D eigenvalue weighted by Gasteiger charge is 1.61. The topological polar surface area (TPSA) is 17.1 Å². The quantitative estimate of drug-likeness (QED) is 0.423. The molecule has 0 aromatic rings. The number of carbonyl (C=O) groups excluding carboxylic acids is 1. The third-order valence-electron chi connectivity index (χ3n) is 0.294. The first kappa shape index (κ1) is 6.83. The lowest BCUT2D eigenvalue weighted by Gasteiger charge is -1.64. The smallest absolute Gasteiger partial charge is 0.124 e. The molecule has 0 radical (unpaired) electrons. The van der Waals surface area contributed by atoms with Crippen LogP contribution in [0.4, 0.5) is 0 Å². The van der Waals surface area contributed by atoms with Crippen LogP contribution in [0.1, 0.15) is 0 Å². The van der Waals surface area contributed by atoms with Gasteiger partial charge in [-0.3, -0.25) is 0 Å². The summed E-state index contributed by atoms with van der Waals surface area (Å²) in [7, 11) is 6.14. The molecule has 0 bridgehead atoms. The Morgan fingerprint density at radius 2 is 2.43 bits per heavy atom. The Morgan fingerprint density at radius 1 is 1.71 bits per heavy atom. The maximum atomic E-state index is 9.40. The molecule has 0 heterocycles. The number of hydrogen-bond donors (Lipinski definition) is 0. The molecule has 0 aliphatic carbocycles. The highest BCUT2D eigenvalue weighted by molar-refractivity contribution is 8.23. The van der Waals surface area contributed by atoms with E-state index >= 15 is 0 Å². The lowest BCUT2D eigenvalue weighted by Crippen LogP contribution is -1.43. The van der Waals surface area contributed by atoms with Crippen molar-refractivity contribution in [2.24, 2.45) is 0 Å². The van der Waals surface area contributed by atoms with Crippen molar-refractivity contribution in [3.8, 4) is 0 Å². The second kappa shape index (κ2) is 5.83. The largest absolute Gasteiger partial charge is 0.234 e. The van der Waals surface area contributed by atoms with E-state index in [1.807, 2.05) is 0 Å². The summed E-state index contributed by atoms with van der Waals surface area (Å²) >= 11 is 0. The van der Waals surface area contributed by atoms with E-state index in [1.54, 1.807) is 11.3 Å². The molecule has 1 nitrogen and oxygen atoms in total. The van der Waals surface area contributed by atoms with Gasteiger partial charge in [-0.15, -0.1) is 0 Å². The van der Waals surface area contributed by atoms with Crippen LogP contribution in [0, 0.1) is 0 Å². The first-order valence-corrected chi connectivity index (χ1v) is 3.26. The Morgan fingerprint density at radius 3 is 2.86 bits per heavy atom. The lowest BCUT2D eigenvalue weighted by atomic mass is 10.6. The van der Waals surface area contributed by atoms with Gasteiger partial charge in [0.15, 0.2) is 0 Å². The number of allylic oxidation sites excluding steroid dienone is 2. The van der Waals surface area contributed by atoms with Crippen LogP contribution in [0.3, 0.4) is 0 Å². The van der Waals surface area contributed by atoms with Gasteiger partial charge in [-0.05, 0) is 33.1 Å². The minimum Gasteiger partial charge on any atom is -0.234 e. The average Bonchev–Trinajstić information content (AvgIpc) is 1.69. The van der Waals surface area contributed by atoms with E-state index in [1.165, 1.54) is 12.2 Å². The van der Waals surface area contributed by atoms with Crippen LogP contribution in [-0.4, -0.2) is 5.94 Å². The third-order valence-corrected chi connectivity index (χ3v) is 0.863. The second-order valence-electron chi connectivity index (χ2n) is 0.702. The van der Waals surface area contributed by atoms with Crippen LogP contribution in [0.5, 0.6) is 0 Å². The van der Waals surface area contributed by atoms with E-state index in [-0.39, 0.29) is 0 Å². The average molecular weight is 135 g/mol. The second-order valence-corrected chi connectivity index (χ2v) is 1.69. The molecule has 0 aromatic carbocycles. The first-order valence-electron chi connectivity index (χ1n) is 1.55. The van der Waals surface area contributed by atoms with Gasteiger partial charge in [-0.25, -0.2) is 4.79 Å². The van der Waals surface area contributed by atoms with Gasteiger partial charge >= 0.3 is 0 Å². The Labute approximate surface area is 50.5 Å². The van der Waals surface area contributed by atoms with Crippen LogP contribution in [0.15, 0.2) is 17.6 Å². The van der Waals surface area contributed by atoms with Crippen molar-refractivity contribution < 1.29 is 4.79 Å². The van der Waals surface area contributed by atoms with Gasteiger partial charge in [-0.1, -0.05) is 0 Å². The van der Waals surface area contributed by atoms with Gasteiger partial charge in [0.05, 0.1) is 0 Å². The summed E-state index contributed by atoms with van der Waals surface area (Å²) in [6.45, 7) is 0. The van der Waals surface area contributed by atoms with Crippen molar-refractivity contribution in [1.82, 2.24) is 0 Å². The predicted octanol–water partition coefficient (Wildman–Crippen LogP) is 1.77. The number of halogens is 1. The molecule has 7 heavy (non-hydrogen) atoms. The van der Waals surface area contributed by atoms with Crippen molar-refractivity contribution in [3.05, 3.63) is 17.6 Å². The standard InChI is InChI=1S/C4H3ClOS/c5-7-4-2-1-3-6/h1-2,4H. The zero-order valence-corrected chi connectivity index (χ0v) is 5.00. The number of rotatable bonds is 2. The summed E-state index contributed by atoms with van der Waals surface area (Å²) < 4.78 is 0. The minimum absolute atomic E-state index is 1.02. The molecule has 0 rings (SSSR count). The molecule has 0 N–H and O–H groups in total. The monoisotopic (exact) mass is 134 g/mol. The van der Waals surface area contributed by atoms with E-state index in [2.05, 4.69) is 0 Å². The summed E-state index contributed by atoms with van der Waals surface area (Å²) in [5.74, 6) is 1.57.